The molecule has 1 saturated heterocycles. The van der Waals surface area contributed by atoms with Crippen molar-refractivity contribution >= 4 is 11.6 Å². The van der Waals surface area contributed by atoms with Gasteiger partial charge in [0.2, 0.25) is 0 Å². The molecule has 3 aromatic rings. The minimum atomic E-state index is 0.633. The first-order valence-electron chi connectivity index (χ1n) is 10.4. The monoisotopic (exact) mass is 390 g/mol. The quantitative estimate of drug-likeness (QED) is 0.678. The highest BCUT2D eigenvalue weighted by molar-refractivity contribution is 5.46. The summed E-state index contributed by atoms with van der Waals surface area (Å²) in [4.78, 5) is 13.6. The highest BCUT2D eigenvalue weighted by Gasteiger charge is 2.24. The van der Waals surface area contributed by atoms with Gasteiger partial charge in [-0.15, -0.1) is 10.2 Å². The minimum absolute atomic E-state index is 0.633. The summed E-state index contributed by atoms with van der Waals surface area (Å²) in [7, 11) is 0. The van der Waals surface area contributed by atoms with E-state index in [1.165, 1.54) is 25.0 Å². The molecule has 0 bridgehead atoms. The number of nitrogens with zero attached hydrogens (tertiary/aromatic N) is 8. The van der Waals surface area contributed by atoms with Gasteiger partial charge in [0.25, 0.3) is 0 Å². The van der Waals surface area contributed by atoms with Crippen molar-refractivity contribution in [2.24, 2.45) is 0 Å². The molecule has 0 amide bonds. The SMILES string of the molecule is Cc1cc(C)n(-c2ccc(N3CCN(c4cc(C5CCC5)ncn4)CC3)nn2)n1. The molecule has 0 N–H and O–H groups in total. The molecule has 1 aliphatic heterocycles. The lowest BCUT2D eigenvalue weighted by Crippen LogP contribution is -2.47. The second-order valence-corrected chi connectivity index (χ2v) is 7.99. The van der Waals surface area contributed by atoms with Gasteiger partial charge in [0, 0.05) is 49.6 Å². The van der Waals surface area contributed by atoms with Crippen LogP contribution in [0.25, 0.3) is 5.82 Å². The molecule has 0 spiro atoms. The van der Waals surface area contributed by atoms with E-state index in [0.717, 1.165) is 55.0 Å². The van der Waals surface area contributed by atoms with Gasteiger partial charge in [0.1, 0.15) is 12.1 Å². The Morgan fingerprint density at radius 2 is 1.52 bits per heavy atom. The number of aryl methyl sites for hydroxylation is 2. The molecule has 29 heavy (non-hydrogen) atoms. The molecule has 4 heterocycles. The Labute approximate surface area is 170 Å². The molecule has 8 heteroatoms. The lowest BCUT2D eigenvalue weighted by atomic mass is 9.83. The van der Waals surface area contributed by atoms with Gasteiger partial charge >= 0.3 is 0 Å². The highest BCUT2D eigenvalue weighted by atomic mass is 15.4. The molecule has 150 valence electrons. The summed E-state index contributed by atoms with van der Waals surface area (Å²) in [5, 5.41) is 13.3. The van der Waals surface area contributed by atoms with E-state index >= 15 is 0 Å². The number of rotatable bonds is 4. The molecular formula is C21H26N8. The van der Waals surface area contributed by atoms with Crippen LogP contribution in [0.1, 0.15) is 42.3 Å². The predicted molar refractivity (Wildman–Crippen MR) is 112 cm³/mol. The van der Waals surface area contributed by atoms with E-state index in [-0.39, 0.29) is 0 Å². The zero-order valence-corrected chi connectivity index (χ0v) is 17.0. The van der Waals surface area contributed by atoms with Gasteiger partial charge < -0.3 is 9.80 Å². The van der Waals surface area contributed by atoms with Crippen molar-refractivity contribution in [1.82, 2.24) is 29.9 Å². The fourth-order valence-corrected chi connectivity index (χ4v) is 4.09. The molecule has 0 radical (unpaired) electrons. The molecule has 1 aliphatic carbocycles. The Morgan fingerprint density at radius 3 is 2.10 bits per heavy atom. The topological polar surface area (TPSA) is 75.9 Å². The summed E-state index contributed by atoms with van der Waals surface area (Å²) in [6.07, 6.45) is 5.56. The van der Waals surface area contributed by atoms with E-state index in [0.29, 0.717) is 5.92 Å². The minimum Gasteiger partial charge on any atom is -0.353 e. The average Bonchev–Trinajstić information content (AvgIpc) is 3.05. The van der Waals surface area contributed by atoms with Crippen molar-refractivity contribution in [2.75, 3.05) is 36.0 Å². The summed E-state index contributed by atoms with van der Waals surface area (Å²) >= 11 is 0. The van der Waals surface area contributed by atoms with E-state index in [1.54, 1.807) is 6.33 Å². The van der Waals surface area contributed by atoms with Crippen molar-refractivity contribution < 1.29 is 0 Å². The number of hydrogen-bond acceptors (Lipinski definition) is 7. The van der Waals surface area contributed by atoms with E-state index in [9.17, 15) is 0 Å². The van der Waals surface area contributed by atoms with Gasteiger partial charge in [-0.05, 0) is 44.9 Å². The van der Waals surface area contributed by atoms with Crippen molar-refractivity contribution in [1.29, 1.82) is 0 Å². The molecule has 0 atom stereocenters. The third kappa shape index (κ3) is 3.54. The maximum absolute atomic E-state index is 4.52. The largest absolute Gasteiger partial charge is 0.353 e. The van der Waals surface area contributed by atoms with E-state index in [4.69, 9.17) is 0 Å². The molecule has 2 fully saturated rings. The summed E-state index contributed by atoms with van der Waals surface area (Å²) in [5.41, 5.74) is 3.24. The second kappa shape index (κ2) is 7.42. The third-order valence-electron chi connectivity index (χ3n) is 5.99. The number of aromatic nitrogens is 6. The van der Waals surface area contributed by atoms with Gasteiger partial charge in [-0.25, -0.2) is 14.6 Å². The fraction of sp³-hybridized carbons (Fsp3) is 0.476. The summed E-state index contributed by atoms with van der Waals surface area (Å²) in [6, 6.07) is 8.25. The molecule has 1 saturated carbocycles. The first-order chi connectivity index (χ1) is 14.2. The molecule has 0 unspecified atom stereocenters. The first kappa shape index (κ1) is 18.0. The van der Waals surface area contributed by atoms with Gasteiger partial charge in [0.05, 0.1) is 5.69 Å². The molecule has 3 aromatic heterocycles. The zero-order chi connectivity index (χ0) is 19.8. The smallest absolute Gasteiger partial charge is 0.176 e. The maximum Gasteiger partial charge on any atom is 0.176 e. The first-order valence-corrected chi connectivity index (χ1v) is 10.4. The Balaban J connectivity index is 1.24. The Kier molecular flexibility index (Phi) is 4.61. The predicted octanol–water partition coefficient (Wildman–Crippen LogP) is 2.66. The lowest BCUT2D eigenvalue weighted by molar-refractivity contribution is 0.410. The third-order valence-corrected chi connectivity index (χ3v) is 5.99. The van der Waals surface area contributed by atoms with E-state index in [2.05, 4.69) is 41.1 Å². The molecule has 0 aromatic carbocycles. The van der Waals surface area contributed by atoms with Crippen LogP contribution in [0.4, 0.5) is 11.6 Å². The number of hydrogen-bond donors (Lipinski definition) is 0. The van der Waals surface area contributed by atoms with Gasteiger partial charge in [-0.1, -0.05) is 6.42 Å². The van der Waals surface area contributed by atoms with Crippen LogP contribution in [0.3, 0.4) is 0 Å². The molecule has 8 nitrogen and oxygen atoms in total. The van der Waals surface area contributed by atoms with Crippen LogP contribution < -0.4 is 9.80 Å². The maximum atomic E-state index is 4.52. The standard InChI is InChI=1S/C21H26N8/c1-15-12-16(2)29(26-15)20-7-6-19(24-25-20)27-8-10-28(11-9-27)21-13-18(22-14-23-21)17-4-3-5-17/h6-7,12-14,17H,3-5,8-11H2,1-2H3. The van der Waals surface area contributed by atoms with Gasteiger partial charge in [-0.3, -0.25) is 0 Å². The van der Waals surface area contributed by atoms with E-state index in [1.807, 2.05) is 36.7 Å². The summed E-state index contributed by atoms with van der Waals surface area (Å²) < 4.78 is 1.83. The summed E-state index contributed by atoms with van der Waals surface area (Å²) in [6.45, 7) is 7.65. The normalized spacial score (nSPS) is 17.4. The van der Waals surface area contributed by atoms with Crippen LogP contribution in [0.2, 0.25) is 0 Å². The lowest BCUT2D eigenvalue weighted by Gasteiger charge is -2.36. The van der Waals surface area contributed by atoms with Crippen LogP contribution in [0, 0.1) is 13.8 Å². The molecule has 5 rings (SSSR count). The van der Waals surface area contributed by atoms with Crippen molar-refractivity contribution in [2.45, 2.75) is 39.0 Å². The summed E-state index contributed by atoms with van der Waals surface area (Å²) in [5.74, 6) is 3.34. The van der Waals surface area contributed by atoms with Crippen LogP contribution in [-0.4, -0.2) is 56.1 Å². The van der Waals surface area contributed by atoms with Crippen LogP contribution in [0.5, 0.6) is 0 Å². The van der Waals surface area contributed by atoms with Crippen LogP contribution >= 0.6 is 0 Å². The fourth-order valence-electron chi connectivity index (χ4n) is 4.09. The number of anilines is 2. The number of piperazine rings is 1. The Bertz CT molecular complexity index is 984. The highest BCUT2D eigenvalue weighted by Crippen LogP contribution is 2.36. The Hall–Kier alpha value is -3.03. The molecule has 2 aliphatic rings. The van der Waals surface area contributed by atoms with Crippen LogP contribution in [0.15, 0.2) is 30.6 Å². The van der Waals surface area contributed by atoms with Gasteiger partial charge in [-0.2, -0.15) is 5.10 Å². The second-order valence-electron chi connectivity index (χ2n) is 7.99. The van der Waals surface area contributed by atoms with Crippen LogP contribution in [-0.2, 0) is 0 Å². The van der Waals surface area contributed by atoms with Crippen molar-refractivity contribution in [3.05, 3.63) is 47.7 Å². The molecular weight excluding hydrogens is 364 g/mol. The average molecular weight is 390 g/mol. The van der Waals surface area contributed by atoms with Crippen molar-refractivity contribution in [3.63, 3.8) is 0 Å². The van der Waals surface area contributed by atoms with Crippen molar-refractivity contribution in [3.8, 4) is 5.82 Å². The van der Waals surface area contributed by atoms with E-state index < -0.39 is 0 Å². The Morgan fingerprint density at radius 1 is 0.828 bits per heavy atom. The van der Waals surface area contributed by atoms with Gasteiger partial charge in [0.15, 0.2) is 11.6 Å². The zero-order valence-electron chi connectivity index (χ0n) is 17.0.